The number of benzene rings is 4. The van der Waals surface area contributed by atoms with E-state index in [0.29, 0.717) is 89.9 Å². The Balaban J connectivity index is 0.000000274. The van der Waals surface area contributed by atoms with Gasteiger partial charge in [0.05, 0.1) is 43.4 Å². The van der Waals surface area contributed by atoms with Crippen LogP contribution < -0.4 is 16.4 Å². The second-order valence-corrected chi connectivity index (χ2v) is 20.6. The number of alkyl carbamates (subject to hydrolysis) is 2. The summed E-state index contributed by atoms with van der Waals surface area (Å²) in [6.45, 7) is 13.0. The first-order valence-electron chi connectivity index (χ1n) is 24.8. The third-order valence-electron chi connectivity index (χ3n) is 11.9. The van der Waals surface area contributed by atoms with E-state index in [9.17, 15) is 38.6 Å². The number of nitro benzene ring substituents is 1. The fraction of sp³-hybridized carbons (Fsp3) is 0.500. The number of anilines is 1. The number of hydrogen-bond acceptors (Lipinski definition) is 15. The highest BCUT2D eigenvalue weighted by atomic mass is 31.1. The highest BCUT2D eigenvalue weighted by molar-refractivity contribution is 7.32. The maximum Gasteiger partial charge on any atom is 0.695 e. The molecule has 20 nitrogen and oxygen atoms in total. The lowest BCUT2D eigenvalue weighted by Crippen LogP contribution is -2.51. The molecule has 4 aromatic rings. The summed E-state index contributed by atoms with van der Waals surface area (Å²) in [5.41, 5.74) is 10.3. The Morgan fingerprint density at radius 2 is 1.04 bits per heavy atom. The van der Waals surface area contributed by atoms with E-state index >= 15 is 0 Å². The summed E-state index contributed by atoms with van der Waals surface area (Å²) in [5.74, 6) is 0.597. The van der Waals surface area contributed by atoms with Crippen molar-refractivity contribution in [3.8, 4) is 0 Å². The Labute approximate surface area is 435 Å². The second kappa shape index (κ2) is 31.4. The van der Waals surface area contributed by atoms with Gasteiger partial charge >= 0.3 is 28.7 Å². The van der Waals surface area contributed by atoms with E-state index in [2.05, 4.69) is 29.4 Å². The summed E-state index contributed by atoms with van der Waals surface area (Å²) in [5, 5.41) is 16.8. The quantitative estimate of drug-likeness (QED) is 0.0163. The Bertz CT molecular complexity index is 2330. The van der Waals surface area contributed by atoms with Crippen molar-refractivity contribution in [2.45, 2.75) is 103 Å². The molecule has 2 unspecified atom stereocenters. The number of nitrogen functional groups attached to an aromatic ring is 1. The summed E-state index contributed by atoms with van der Waals surface area (Å²) < 4.78 is 56.4. The molecule has 0 aromatic heterocycles. The molecular formula is C52H72N6O14P2+2. The van der Waals surface area contributed by atoms with Crippen LogP contribution in [-0.2, 0) is 63.1 Å². The first-order valence-corrected chi connectivity index (χ1v) is 27.1. The summed E-state index contributed by atoms with van der Waals surface area (Å²) >= 11 is 0. The van der Waals surface area contributed by atoms with Gasteiger partial charge in [0.15, 0.2) is 0 Å². The zero-order valence-electron chi connectivity index (χ0n) is 42.5. The van der Waals surface area contributed by atoms with Crippen molar-refractivity contribution >= 4 is 40.1 Å². The third kappa shape index (κ3) is 22.5. The van der Waals surface area contributed by atoms with Gasteiger partial charge in [0.25, 0.3) is 5.69 Å². The van der Waals surface area contributed by atoms with E-state index in [1.54, 1.807) is 12.1 Å². The number of amides is 2. The molecule has 2 aliphatic rings. The van der Waals surface area contributed by atoms with Crippen molar-refractivity contribution in [1.29, 1.82) is 0 Å². The average molecular weight is 1070 g/mol. The van der Waals surface area contributed by atoms with Gasteiger partial charge in [-0.25, -0.2) is 9.59 Å². The number of nitro groups is 1. The number of nitrogens with two attached hydrogens (primary N) is 1. The molecule has 2 saturated heterocycles. The predicted molar refractivity (Wildman–Crippen MR) is 279 cm³/mol. The number of ether oxygens (including phenoxy) is 4. The zero-order valence-corrected chi connectivity index (χ0v) is 44.3. The van der Waals surface area contributed by atoms with Gasteiger partial charge in [-0.1, -0.05) is 113 Å². The summed E-state index contributed by atoms with van der Waals surface area (Å²) in [6, 6.07) is 31.7. The lowest BCUT2D eigenvalue weighted by Gasteiger charge is -2.31. The Morgan fingerprint density at radius 1 is 0.649 bits per heavy atom. The largest absolute Gasteiger partial charge is 0.695 e. The van der Waals surface area contributed by atoms with Crippen LogP contribution in [0.2, 0.25) is 0 Å². The number of nitrogens with zero attached hydrogens (tertiary/aromatic N) is 3. The van der Waals surface area contributed by atoms with Crippen LogP contribution in [0.5, 0.6) is 0 Å². The van der Waals surface area contributed by atoms with Crippen molar-refractivity contribution < 1.29 is 61.4 Å². The normalized spacial score (nSPS) is 17.5. The fourth-order valence-corrected chi connectivity index (χ4v) is 9.57. The number of carbonyl (C=O) groups is 2. The van der Waals surface area contributed by atoms with Crippen LogP contribution in [0.4, 0.5) is 21.0 Å². The molecule has 2 amide bonds. The highest BCUT2D eigenvalue weighted by Gasteiger charge is 2.37. The van der Waals surface area contributed by atoms with E-state index in [0.717, 1.165) is 28.8 Å². The van der Waals surface area contributed by atoms with Crippen LogP contribution in [0.15, 0.2) is 109 Å². The molecule has 0 aliphatic carbocycles. The summed E-state index contributed by atoms with van der Waals surface area (Å²) in [6.07, 6.45) is -1.51. The SMILES string of the molecule is CC(C)CN(Cc1ccc(N)cc1)C[C@@H](O[P+](=O)O)[C@H](Cc1ccccc1)NC(=O)O[C@H]1CCOC1.CC(C)CN(Cc1ccc([N+](=O)[O-])cc1)C[C@@H](O[P+](=O)O)[C@H](Cc1ccccc1)NC(=O)O[C@H]1CCOC1. The molecule has 6 rings (SSSR count). The van der Waals surface area contributed by atoms with E-state index < -0.39 is 57.9 Å². The Hall–Kier alpha value is -5.50. The number of rotatable bonds is 27. The highest BCUT2D eigenvalue weighted by Crippen LogP contribution is 2.26. The van der Waals surface area contributed by atoms with Crippen molar-refractivity contribution in [2.24, 2.45) is 11.8 Å². The maximum atomic E-state index is 12.8. The second-order valence-electron chi connectivity index (χ2n) is 19.3. The Kier molecular flexibility index (Phi) is 25.2. The molecule has 0 radical (unpaired) electrons. The molecule has 22 heteroatoms. The lowest BCUT2D eigenvalue weighted by molar-refractivity contribution is -0.384. The van der Waals surface area contributed by atoms with Crippen molar-refractivity contribution in [3.05, 3.63) is 142 Å². The van der Waals surface area contributed by atoms with Crippen LogP contribution in [0.3, 0.4) is 0 Å². The van der Waals surface area contributed by atoms with Crippen molar-refractivity contribution in [2.75, 3.05) is 58.3 Å². The van der Waals surface area contributed by atoms with Crippen LogP contribution in [0, 0.1) is 22.0 Å². The van der Waals surface area contributed by atoms with Gasteiger partial charge in [-0.2, -0.15) is 0 Å². The van der Waals surface area contributed by atoms with Gasteiger partial charge in [-0.3, -0.25) is 19.9 Å². The first-order chi connectivity index (χ1) is 35.5. The molecule has 402 valence electrons. The van der Waals surface area contributed by atoms with E-state index in [4.69, 9.17) is 33.7 Å². The number of nitrogens with one attached hydrogen (secondary N) is 2. The number of non-ortho nitro benzene ring substituents is 1. The standard InChI is InChI=1S/C26H34N3O8P.C26H36N3O6P/c1-19(2)15-28(16-21-8-10-22(11-9-21)29(31)32)17-25(37-38(33)34)24(14-20-6-4-3-5-7-20)27-26(30)36-23-12-13-35-18-23;1-19(2)15-29(16-21-8-10-22(27)11-9-21)17-25(35-36(31)32)24(14-20-6-4-3-5-7-20)28-26(30)34-23-12-13-33-18-23/h3-11,19,23-25H,12-18H2,1-2H3,(H-,27,30,33,34);3-11,19,23-25H,12-18,27H2,1-2H3,(H-,28,30,31,32)/p+2/t2*23-,24-,25+/m00/s1. The van der Waals surface area contributed by atoms with E-state index in [1.807, 2.05) is 104 Å². The van der Waals surface area contributed by atoms with E-state index in [1.165, 1.54) is 12.1 Å². The number of hydrogen-bond donors (Lipinski definition) is 5. The summed E-state index contributed by atoms with van der Waals surface area (Å²) in [4.78, 5) is 59.8. The molecule has 74 heavy (non-hydrogen) atoms. The Morgan fingerprint density at radius 3 is 1.38 bits per heavy atom. The molecule has 8 atom stereocenters. The zero-order chi connectivity index (χ0) is 53.4. The van der Waals surface area contributed by atoms with Crippen molar-refractivity contribution in [3.63, 3.8) is 0 Å². The maximum absolute atomic E-state index is 12.8. The molecule has 0 saturated carbocycles. The van der Waals surface area contributed by atoms with Gasteiger partial charge in [0.1, 0.15) is 24.4 Å². The van der Waals surface area contributed by atoms with Gasteiger partial charge in [-0.15, -0.1) is 18.8 Å². The molecule has 2 fully saturated rings. The molecular weight excluding hydrogens is 995 g/mol. The number of carbonyl (C=O) groups excluding carboxylic acids is 2. The van der Waals surface area contributed by atoms with Crippen LogP contribution >= 0.6 is 16.5 Å². The van der Waals surface area contributed by atoms with Gasteiger partial charge in [0, 0.05) is 79.1 Å². The van der Waals surface area contributed by atoms with Crippen LogP contribution in [-0.4, -0.2) is 126 Å². The topological polar surface area (TPSA) is 264 Å². The molecule has 2 heterocycles. The molecule has 0 bridgehead atoms. The minimum absolute atomic E-state index is 0.000877. The monoisotopic (exact) mass is 1070 g/mol. The van der Waals surface area contributed by atoms with Crippen LogP contribution in [0.25, 0.3) is 0 Å². The minimum Gasteiger partial charge on any atom is -0.444 e. The van der Waals surface area contributed by atoms with Gasteiger partial charge in [0.2, 0.25) is 0 Å². The van der Waals surface area contributed by atoms with Gasteiger partial charge < -0.3 is 35.3 Å². The third-order valence-corrected chi connectivity index (χ3v) is 12.8. The first kappa shape index (κ1) is 59.4. The molecule has 2 aliphatic heterocycles. The fourth-order valence-electron chi connectivity index (χ4n) is 8.68. The molecule has 0 spiro atoms. The lowest BCUT2D eigenvalue weighted by atomic mass is 10.0. The van der Waals surface area contributed by atoms with Crippen molar-refractivity contribution in [1.82, 2.24) is 20.4 Å². The summed E-state index contributed by atoms with van der Waals surface area (Å²) in [7, 11) is -5.88. The molecule has 4 aromatic carbocycles. The van der Waals surface area contributed by atoms with Crippen LogP contribution in [0.1, 0.15) is 62.8 Å². The smallest absolute Gasteiger partial charge is 0.444 e. The average Bonchev–Trinajstić information content (AvgIpc) is 4.07. The van der Waals surface area contributed by atoms with Gasteiger partial charge in [-0.05, 0) is 59.1 Å². The van der Waals surface area contributed by atoms with E-state index in [-0.39, 0.29) is 30.4 Å². The minimum atomic E-state index is -2.97. The molecule has 6 N–H and O–H groups in total. The predicted octanol–water partition coefficient (Wildman–Crippen LogP) is 8.10.